The van der Waals surface area contributed by atoms with Gasteiger partial charge in [0, 0.05) is 23.9 Å². The fourth-order valence-electron chi connectivity index (χ4n) is 4.78. The van der Waals surface area contributed by atoms with Crippen LogP contribution in [0.25, 0.3) is 0 Å². The van der Waals surface area contributed by atoms with Gasteiger partial charge in [-0.05, 0) is 68.7 Å². The Kier molecular flexibility index (Phi) is 7.59. The Morgan fingerprint density at radius 2 is 1.03 bits per heavy atom. The zero-order valence-electron chi connectivity index (χ0n) is 22.5. The first-order chi connectivity index (χ1) is 18.4. The molecule has 0 amide bonds. The fourth-order valence-corrected chi connectivity index (χ4v) is 4.78. The van der Waals surface area contributed by atoms with Gasteiger partial charge >= 0.3 is 0 Å². The van der Waals surface area contributed by atoms with Crippen LogP contribution in [0.15, 0.2) is 91.0 Å². The summed E-state index contributed by atoms with van der Waals surface area (Å²) in [5.41, 5.74) is 7.49. The highest BCUT2D eigenvalue weighted by Gasteiger charge is 2.21. The predicted molar refractivity (Wildman–Crippen MR) is 150 cm³/mol. The second-order valence-corrected chi connectivity index (χ2v) is 9.79. The van der Waals surface area contributed by atoms with Crippen molar-refractivity contribution in [2.24, 2.45) is 0 Å². The molecule has 6 nitrogen and oxygen atoms in total. The smallest absolute Gasteiger partial charge is 0.147 e. The van der Waals surface area contributed by atoms with Crippen molar-refractivity contribution in [1.29, 1.82) is 0 Å². The highest BCUT2D eigenvalue weighted by atomic mass is 16.5. The Balaban J connectivity index is 1.47. The molecule has 0 saturated heterocycles. The van der Waals surface area contributed by atoms with E-state index in [1.54, 1.807) is 0 Å². The summed E-state index contributed by atoms with van der Waals surface area (Å²) in [6.45, 7) is 9.20. The molecule has 0 N–H and O–H groups in total. The van der Waals surface area contributed by atoms with E-state index in [1.165, 1.54) is 0 Å². The van der Waals surface area contributed by atoms with Crippen LogP contribution in [-0.2, 0) is 19.6 Å². The third kappa shape index (κ3) is 6.14. The Bertz CT molecular complexity index is 1380. The molecule has 0 fully saturated rings. The summed E-state index contributed by atoms with van der Waals surface area (Å²) < 4.78 is 16.6. The molecule has 0 aliphatic rings. The number of aryl methyl sites for hydroxylation is 4. The summed E-state index contributed by atoms with van der Waals surface area (Å²) in [7, 11) is 0. The molecular weight excluding hydrogens is 472 g/mol. The van der Waals surface area contributed by atoms with Gasteiger partial charge in [0.25, 0.3) is 0 Å². The fraction of sp³-hybridized carbons (Fsp3) is 0.250. The number of benzene rings is 3. The number of hydrogen-bond donors (Lipinski definition) is 0. The molecular formula is C32H34N4O2. The summed E-state index contributed by atoms with van der Waals surface area (Å²) in [5.74, 6) is 1.55. The van der Waals surface area contributed by atoms with Crippen molar-refractivity contribution in [3.63, 3.8) is 0 Å². The van der Waals surface area contributed by atoms with Gasteiger partial charge in [0.05, 0.1) is 11.4 Å². The minimum absolute atomic E-state index is 0.122. The summed E-state index contributed by atoms with van der Waals surface area (Å²) >= 11 is 0. The monoisotopic (exact) mass is 506 g/mol. The minimum Gasteiger partial charge on any atom is -0.489 e. The van der Waals surface area contributed by atoms with E-state index >= 15 is 0 Å². The predicted octanol–water partition coefficient (Wildman–Crippen LogP) is 6.76. The average Bonchev–Trinajstić information content (AvgIpc) is 3.44. The molecule has 38 heavy (non-hydrogen) atoms. The van der Waals surface area contributed by atoms with Crippen molar-refractivity contribution >= 4 is 0 Å². The molecule has 0 bridgehead atoms. The first-order valence-electron chi connectivity index (χ1n) is 13.0. The maximum absolute atomic E-state index is 6.25. The lowest BCUT2D eigenvalue weighted by molar-refractivity contribution is 0.288. The van der Waals surface area contributed by atoms with E-state index in [2.05, 4.69) is 71.7 Å². The SMILES string of the molecule is Cc1cc(C)n(C(Cc2cc(OCc3ccccc3)cc(OCc3ccccc3)c2)n2nc(C)cc2C)n1. The molecule has 194 valence electrons. The van der Waals surface area contributed by atoms with Crippen molar-refractivity contribution in [2.45, 2.75) is 53.5 Å². The lowest BCUT2D eigenvalue weighted by atomic mass is 10.1. The Hall–Kier alpha value is -4.32. The van der Waals surface area contributed by atoms with Gasteiger partial charge in [-0.25, -0.2) is 9.36 Å². The molecule has 2 heterocycles. The highest BCUT2D eigenvalue weighted by molar-refractivity contribution is 5.39. The van der Waals surface area contributed by atoms with Crippen LogP contribution >= 0.6 is 0 Å². The van der Waals surface area contributed by atoms with Crippen LogP contribution in [0.3, 0.4) is 0 Å². The summed E-state index contributed by atoms with van der Waals surface area (Å²) in [6.07, 6.45) is 0.553. The van der Waals surface area contributed by atoms with E-state index < -0.39 is 0 Å². The van der Waals surface area contributed by atoms with Crippen molar-refractivity contribution in [1.82, 2.24) is 19.6 Å². The quantitative estimate of drug-likeness (QED) is 0.210. The van der Waals surface area contributed by atoms with Gasteiger partial charge in [-0.15, -0.1) is 0 Å². The van der Waals surface area contributed by atoms with Gasteiger partial charge in [-0.3, -0.25) is 0 Å². The van der Waals surface area contributed by atoms with Crippen LogP contribution in [-0.4, -0.2) is 19.6 Å². The van der Waals surface area contributed by atoms with Gasteiger partial charge in [0.1, 0.15) is 30.9 Å². The largest absolute Gasteiger partial charge is 0.489 e. The van der Waals surface area contributed by atoms with Crippen LogP contribution in [0.5, 0.6) is 11.5 Å². The Morgan fingerprint density at radius 1 is 0.579 bits per heavy atom. The van der Waals surface area contributed by atoms with Crippen LogP contribution in [0.4, 0.5) is 0 Å². The third-order valence-electron chi connectivity index (χ3n) is 6.51. The molecule has 0 aliphatic heterocycles. The van der Waals surface area contributed by atoms with E-state index in [0.29, 0.717) is 19.6 Å². The molecule has 0 unspecified atom stereocenters. The molecule has 0 atom stereocenters. The van der Waals surface area contributed by atoms with Gasteiger partial charge in [-0.2, -0.15) is 10.2 Å². The van der Waals surface area contributed by atoms with Crippen molar-refractivity contribution in [3.05, 3.63) is 130 Å². The molecule has 6 heteroatoms. The Labute approximate surface area is 224 Å². The number of rotatable bonds is 10. The van der Waals surface area contributed by atoms with Crippen molar-refractivity contribution < 1.29 is 9.47 Å². The van der Waals surface area contributed by atoms with Crippen LogP contribution < -0.4 is 9.47 Å². The van der Waals surface area contributed by atoms with Gasteiger partial charge in [-0.1, -0.05) is 60.7 Å². The summed E-state index contributed by atoms with van der Waals surface area (Å²) in [4.78, 5) is 0. The van der Waals surface area contributed by atoms with Crippen LogP contribution in [0.2, 0.25) is 0 Å². The molecule has 0 radical (unpaired) electrons. The summed E-state index contributed by atoms with van der Waals surface area (Å²) in [6, 6.07) is 30.8. The molecule has 0 aliphatic carbocycles. The van der Waals surface area contributed by atoms with E-state index in [1.807, 2.05) is 56.3 Å². The molecule has 0 saturated carbocycles. The zero-order valence-corrected chi connectivity index (χ0v) is 22.5. The first-order valence-corrected chi connectivity index (χ1v) is 13.0. The lowest BCUT2D eigenvalue weighted by Crippen LogP contribution is -2.25. The van der Waals surface area contributed by atoms with E-state index in [-0.39, 0.29) is 6.17 Å². The normalized spacial score (nSPS) is 11.2. The maximum Gasteiger partial charge on any atom is 0.147 e. The Morgan fingerprint density at radius 3 is 1.42 bits per heavy atom. The second-order valence-electron chi connectivity index (χ2n) is 9.79. The average molecular weight is 507 g/mol. The number of ether oxygens (including phenoxy) is 2. The van der Waals surface area contributed by atoms with Crippen molar-refractivity contribution in [2.75, 3.05) is 0 Å². The molecule has 3 aromatic carbocycles. The first kappa shape index (κ1) is 25.3. The summed E-state index contributed by atoms with van der Waals surface area (Å²) in [5, 5.41) is 9.65. The van der Waals surface area contributed by atoms with Gasteiger partial charge in [0.15, 0.2) is 0 Å². The van der Waals surface area contributed by atoms with E-state index in [4.69, 9.17) is 19.7 Å². The van der Waals surface area contributed by atoms with E-state index in [0.717, 1.165) is 51.0 Å². The number of aromatic nitrogens is 4. The zero-order chi connectivity index (χ0) is 26.5. The van der Waals surface area contributed by atoms with E-state index in [9.17, 15) is 0 Å². The second kappa shape index (κ2) is 11.4. The van der Waals surface area contributed by atoms with Crippen molar-refractivity contribution in [3.8, 4) is 11.5 Å². The minimum atomic E-state index is -0.122. The maximum atomic E-state index is 6.25. The molecule has 2 aromatic heterocycles. The molecule has 5 aromatic rings. The number of nitrogens with zero attached hydrogens (tertiary/aromatic N) is 4. The van der Waals surface area contributed by atoms with Gasteiger partial charge < -0.3 is 9.47 Å². The molecule has 5 rings (SSSR count). The van der Waals surface area contributed by atoms with Gasteiger partial charge in [0.2, 0.25) is 0 Å². The molecule has 0 spiro atoms. The highest BCUT2D eigenvalue weighted by Crippen LogP contribution is 2.29. The van der Waals surface area contributed by atoms with Crippen LogP contribution in [0.1, 0.15) is 45.6 Å². The number of hydrogen-bond acceptors (Lipinski definition) is 4. The third-order valence-corrected chi connectivity index (χ3v) is 6.51. The standard InChI is InChI=1S/C32H34N4O2/c1-23-15-25(3)35(33-23)32(36-26(4)16-24(2)34-36)19-29-17-30(37-21-27-11-7-5-8-12-27)20-31(18-29)38-22-28-13-9-6-10-14-28/h5-18,20,32H,19,21-22H2,1-4H3. The topological polar surface area (TPSA) is 54.1 Å². The van der Waals surface area contributed by atoms with Crippen LogP contribution in [0, 0.1) is 27.7 Å². The lowest BCUT2D eigenvalue weighted by Gasteiger charge is -2.22.